The van der Waals surface area contributed by atoms with Crippen LogP contribution in [0.1, 0.15) is 12.8 Å². The van der Waals surface area contributed by atoms with Crippen LogP contribution in [-0.4, -0.2) is 26.8 Å². The van der Waals surface area contributed by atoms with Crippen LogP contribution in [0.5, 0.6) is 0 Å². The second-order valence-electron chi connectivity index (χ2n) is 3.58. The number of nitrogens with zero attached hydrogens (tertiary/aromatic N) is 2. The maximum Gasteiger partial charge on any atom is 0.0640 e. The van der Waals surface area contributed by atoms with Gasteiger partial charge in [0.1, 0.15) is 0 Å². The zero-order valence-corrected chi connectivity index (χ0v) is 9.72. The topological polar surface area (TPSA) is 36.3 Å². The van der Waals surface area contributed by atoms with E-state index in [4.69, 9.17) is 10.00 Å². The van der Waals surface area contributed by atoms with Crippen LogP contribution in [0.15, 0.2) is 30.3 Å². The molecule has 0 heterocycles. The molecule has 0 radical (unpaired) electrons. The van der Waals surface area contributed by atoms with E-state index in [-0.39, 0.29) is 0 Å². The van der Waals surface area contributed by atoms with Crippen molar-refractivity contribution in [3.05, 3.63) is 30.3 Å². The van der Waals surface area contributed by atoms with Crippen LogP contribution in [0.4, 0.5) is 5.69 Å². The molecule has 0 aliphatic heterocycles. The number of hydrogen-bond donors (Lipinski definition) is 0. The lowest BCUT2D eigenvalue weighted by Gasteiger charge is -2.23. The predicted molar refractivity (Wildman–Crippen MR) is 65.4 cm³/mol. The highest BCUT2D eigenvalue weighted by molar-refractivity contribution is 5.45. The van der Waals surface area contributed by atoms with Crippen molar-refractivity contribution < 1.29 is 4.74 Å². The number of hydrogen-bond acceptors (Lipinski definition) is 3. The zero-order valence-electron chi connectivity index (χ0n) is 9.72. The molecule has 0 saturated heterocycles. The minimum Gasteiger partial charge on any atom is -0.385 e. The number of methoxy groups -OCH3 is 1. The first-order valence-corrected chi connectivity index (χ1v) is 5.54. The van der Waals surface area contributed by atoms with Gasteiger partial charge in [0, 0.05) is 32.5 Å². The van der Waals surface area contributed by atoms with Crippen LogP contribution in [0.25, 0.3) is 0 Å². The van der Waals surface area contributed by atoms with Crippen LogP contribution < -0.4 is 4.90 Å². The summed E-state index contributed by atoms with van der Waals surface area (Å²) in [6.45, 7) is 2.47. The van der Waals surface area contributed by atoms with Gasteiger partial charge in [-0.05, 0) is 18.6 Å². The highest BCUT2D eigenvalue weighted by Crippen LogP contribution is 2.13. The first-order valence-electron chi connectivity index (χ1n) is 5.54. The number of ether oxygens (including phenoxy) is 1. The van der Waals surface area contributed by atoms with Crippen molar-refractivity contribution in [1.29, 1.82) is 5.26 Å². The van der Waals surface area contributed by atoms with Crippen molar-refractivity contribution in [3.63, 3.8) is 0 Å². The van der Waals surface area contributed by atoms with Crippen molar-refractivity contribution in [1.82, 2.24) is 0 Å². The summed E-state index contributed by atoms with van der Waals surface area (Å²) in [4.78, 5) is 2.22. The Labute approximate surface area is 97.3 Å². The molecule has 0 saturated carbocycles. The third-order valence-electron chi connectivity index (χ3n) is 2.39. The molecule has 0 aliphatic carbocycles. The summed E-state index contributed by atoms with van der Waals surface area (Å²) < 4.78 is 5.04. The van der Waals surface area contributed by atoms with Gasteiger partial charge in [0.15, 0.2) is 0 Å². The van der Waals surface area contributed by atoms with Crippen LogP contribution >= 0.6 is 0 Å². The highest BCUT2D eigenvalue weighted by atomic mass is 16.5. The van der Waals surface area contributed by atoms with Gasteiger partial charge < -0.3 is 9.64 Å². The smallest absolute Gasteiger partial charge is 0.0640 e. The molecule has 0 aliphatic rings. The summed E-state index contributed by atoms with van der Waals surface area (Å²) in [7, 11) is 1.71. The van der Waals surface area contributed by atoms with Crippen LogP contribution in [0.3, 0.4) is 0 Å². The summed E-state index contributed by atoms with van der Waals surface area (Å²) in [5.74, 6) is 0. The predicted octanol–water partition coefficient (Wildman–Crippen LogP) is 2.44. The van der Waals surface area contributed by atoms with Crippen molar-refractivity contribution in [2.24, 2.45) is 0 Å². The molecule has 86 valence electrons. The van der Waals surface area contributed by atoms with E-state index in [2.05, 4.69) is 23.1 Å². The number of rotatable bonds is 7. The summed E-state index contributed by atoms with van der Waals surface area (Å²) in [6.07, 6.45) is 1.54. The molecule has 0 fully saturated rings. The minimum absolute atomic E-state index is 0.557. The Kier molecular flexibility index (Phi) is 6.05. The number of anilines is 1. The molecule has 0 N–H and O–H groups in total. The third-order valence-corrected chi connectivity index (χ3v) is 2.39. The summed E-state index contributed by atoms with van der Waals surface area (Å²) in [6, 6.07) is 12.4. The normalized spacial score (nSPS) is 9.75. The van der Waals surface area contributed by atoms with Gasteiger partial charge in [-0.1, -0.05) is 18.2 Å². The van der Waals surface area contributed by atoms with Gasteiger partial charge in [-0.15, -0.1) is 0 Å². The van der Waals surface area contributed by atoms with Crippen LogP contribution in [0.2, 0.25) is 0 Å². The molecular formula is C13H18N2O. The molecule has 1 aromatic rings. The Bertz CT molecular complexity index is 318. The fourth-order valence-corrected chi connectivity index (χ4v) is 1.59. The van der Waals surface area contributed by atoms with Gasteiger partial charge in [0.2, 0.25) is 0 Å². The fraction of sp³-hybridized carbons (Fsp3) is 0.462. The third kappa shape index (κ3) is 4.33. The van der Waals surface area contributed by atoms with E-state index in [0.29, 0.717) is 6.42 Å². The quantitative estimate of drug-likeness (QED) is 0.659. The average Bonchev–Trinajstić information content (AvgIpc) is 2.35. The van der Waals surface area contributed by atoms with Crippen LogP contribution in [0, 0.1) is 11.3 Å². The molecule has 0 bridgehead atoms. The number of para-hydroxylation sites is 1. The molecule has 0 amide bonds. The second-order valence-corrected chi connectivity index (χ2v) is 3.58. The van der Waals surface area contributed by atoms with Gasteiger partial charge in [-0.3, -0.25) is 0 Å². The van der Waals surface area contributed by atoms with Gasteiger partial charge in [-0.25, -0.2) is 0 Å². The van der Waals surface area contributed by atoms with E-state index in [1.807, 2.05) is 18.2 Å². The highest BCUT2D eigenvalue weighted by Gasteiger charge is 2.04. The zero-order chi connectivity index (χ0) is 11.6. The lowest BCUT2D eigenvalue weighted by molar-refractivity contribution is 0.196. The van der Waals surface area contributed by atoms with E-state index < -0.39 is 0 Å². The van der Waals surface area contributed by atoms with Crippen molar-refractivity contribution in [2.45, 2.75) is 12.8 Å². The van der Waals surface area contributed by atoms with Crippen molar-refractivity contribution >= 4 is 5.69 Å². The molecule has 1 rings (SSSR count). The molecule has 0 spiro atoms. The first-order chi connectivity index (χ1) is 7.88. The maximum absolute atomic E-state index is 8.63. The molecule has 1 aromatic carbocycles. The lowest BCUT2D eigenvalue weighted by atomic mass is 10.2. The summed E-state index contributed by atoms with van der Waals surface area (Å²) in [5.41, 5.74) is 1.17. The first kappa shape index (κ1) is 12.5. The van der Waals surface area contributed by atoms with Gasteiger partial charge in [0.05, 0.1) is 12.5 Å². The number of nitriles is 1. The van der Waals surface area contributed by atoms with Crippen LogP contribution in [-0.2, 0) is 4.74 Å². The minimum atomic E-state index is 0.557. The van der Waals surface area contributed by atoms with Gasteiger partial charge in [-0.2, -0.15) is 5.26 Å². The molecular weight excluding hydrogens is 200 g/mol. The monoisotopic (exact) mass is 218 g/mol. The van der Waals surface area contributed by atoms with Gasteiger partial charge >= 0.3 is 0 Å². The van der Waals surface area contributed by atoms with E-state index in [1.165, 1.54) is 5.69 Å². The SMILES string of the molecule is COCCCN(CCC#N)c1ccccc1. The Balaban J connectivity index is 2.53. The maximum atomic E-state index is 8.63. The van der Waals surface area contributed by atoms with Crippen molar-refractivity contribution in [3.8, 4) is 6.07 Å². The average molecular weight is 218 g/mol. The second kappa shape index (κ2) is 7.72. The Morgan fingerprint density at radius 2 is 2.00 bits per heavy atom. The Morgan fingerprint density at radius 1 is 1.25 bits per heavy atom. The summed E-state index contributed by atoms with van der Waals surface area (Å²) in [5, 5.41) is 8.63. The molecule has 0 aromatic heterocycles. The van der Waals surface area contributed by atoms with E-state index in [9.17, 15) is 0 Å². The number of benzene rings is 1. The van der Waals surface area contributed by atoms with E-state index >= 15 is 0 Å². The Morgan fingerprint density at radius 3 is 2.62 bits per heavy atom. The standard InChI is InChI=1S/C13H18N2O/c1-16-12-6-11-15(10-5-9-14)13-7-3-2-4-8-13/h2-4,7-8H,5-6,10-12H2,1H3. The molecule has 3 nitrogen and oxygen atoms in total. The van der Waals surface area contributed by atoms with Crippen molar-refractivity contribution in [2.75, 3.05) is 31.7 Å². The fourth-order valence-electron chi connectivity index (χ4n) is 1.59. The van der Waals surface area contributed by atoms with E-state index in [0.717, 1.165) is 26.1 Å². The molecule has 0 atom stereocenters. The lowest BCUT2D eigenvalue weighted by Crippen LogP contribution is -2.26. The Hall–Kier alpha value is -1.53. The molecule has 0 unspecified atom stereocenters. The molecule has 3 heteroatoms. The van der Waals surface area contributed by atoms with Gasteiger partial charge in [0.25, 0.3) is 0 Å². The molecule has 16 heavy (non-hydrogen) atoms. The summed E-state index contributed by atoms with van der Waals surface area (Å²) >= 11 is 0. The van der Waals surface area contributed by atoms with E-state index in [1.54, 1.807) is 7.11 Å². The largest absolute Gasteiger partial charge is 0.385 e.